The first-order chi connectivity index (χ1) is 12.6. The SMILES string of the molecule is O=C(CSc1cc(Cl)ccc1Cl)NNC(=O)Cc1cccc(C(F)(F)F)c1. The highest BCUT2D eigenvalue weighted by molar-refractivity contribution is 8.00. The number of thioether (sulfide) groups is 1. The molecular weight excluding hydrogens is 424 g/mol. The zero-order valence-electron chi connectivity index (χ0n) is 13.6. The first kappa shape index (κ1) is 21.4. The number of hydrogen-bond donors (Lipinski definition) is 2. The number of alkyl halides is 3. The van der Waals surface area contributed by atoms with Gasteiger partial charge in [0, 0.05) is 9.92 Å². The molecule has 2 N–H and O–H groups in total. The van der Waals surface area contributed by atoms with Gasteiger partial charge in [0.1, 0.15) is 0 Å². The number of nitrogens with one attached hydrogen (secondary N) is 2. The molecule has 0 aliphatic rings. The van der Waals surface area contributed by atoms with Crippen LogP contribution in [0.5, 0.6) is 0 Å². The first-order valence-corrected chi connectivity index (χ1v) is 9.21. The van der Waals surface area contributed by atoms with Gasteiger partial charge in [0.15, 0.2) is 0 Å². The van der Waals surface area contributed by atoms with E-state index in [2.05, 4.69) is 10.9 Å². The fourth-order valence-corrected chi connectivity index (χ4v) is 3.29. The lowest BCUT2D eigenvalue weighted by Crippen LogP contribution is -2.43. The summed E-state index contributed by atoms with van der Waals surface area (Å²) in [6.45, 7) is 0. The van der Waals surface area contributed by atoms with Gasteiger partial charge in [0.25, 0.3) is 0 Å². The summed E-state index contributed by atoms with van der Waals surface area (Å²) in [5.74, 6) is -1.19. The second kappa shape index (κ2) is 9.34. The zero-order chi connectivity index (χ0) is 20.0. The Hall–Kier alpha value is -1.90. The fraction of sp³-hybridized carbons (Fsp3) is 0.176. The van der Waals surface area contributed by atoms with E-state index in [1.54, 1.807) is 18.2 Å². The molecule has 0 aliphatic heterocycles. The molecule has 2 aromatic carbocycles. The Kier molecular flexibility index (Phi) is 7.41. The summed E-state index contributed by atoms with van der Waals surface area (Å²) in [5, 5.41) is 0.905. The summed E-state index contributed by atoms with van der Waals surface area (Å²) in [6.07, 6.45) is -4.79. The number of benzene rings is 2. The molecule has 0 bridgehead atoms. The van der Waals surface area contributed by atoms with Crippen molar-refractivity contribution in [2.45, 2.75) is 17.5 Å². The molecule has 0 aromatic heterocycles. The summed E-state index contributed by atoms with van der Waals surface area (Å²) in [5.41, 5.74) is 3.69. The minimum Gasteiger partial charge on any atom is -0.273 e. The Morgan fingerprint density at radius 2 is 1.70 bits per heavy atom. The number of hydrazine groups is 1. The maximum atomic E-state index is 12.7. The van der Waals surface area contributed by atoms with E-state index in [4.69, 9.17) is 23.2 Å². The van der Waals surface area contributed by atoms with Crippen LogP contribution >= 0.6 is 35.0 Å². The maximum Gasteiger partial charge on any atom is 0.416 e. The van der Waals surface area contributed by atoms with Crippen LogP contribution in [0.25, 0.3) is 0 Å². The molecule has 10 heteroatoms. The number of carbonyl (C=O) groups excluding carboxylic acids is 2. The normalized spacial score (nSPS) is 11.1. The van der Waals surface area contributed by atoms with Crippen molar-refractivity contribution in [3.63, 3.8) is 0 Å². The van der Waals surface area contributed by atoms with Crippen LogP contribution in [0.4, 0.5) is 13.2 Å². The van der Waals surface area contributed by atoms with Crippen molar-refractivity contribution >= 4 is 46.8 Å². The van der Waals surface area contributed by atoms with Crippen molar-refractivity contribution in [1.82, 2.24) is 10.9 Å². The van der Waals surface area contributed by atoms with E-state index in [1.165, 1.54) is 12.1 Å². The molecule has 0 fully saturated rings. The van der Waals surface area contributed by atoms with E-state index in [9.17, 15) is 22.8 Å². The summed E-state index contributed by atoms with van der Waals surface area (Å²) in [7, 11) is 0. The van der Waals surface area contributed by atoms with Gasteiger partial charge in [-0.1, -0.05) is 41.4 Å². The Morgan fingerprint density at radius 1 is 1.00 bits per heavy atom. The minimum atomic E-state index is -4.49. The average molecular weight is 437 g/mol. The van der Waals surface area contributed by atoms with E-state index in [0.29, 0.717) is 14.9 Å². The molecule has 0 spiro atoms. The van der Waals surface area contributed by atoms with E-state index in [1.807, 2.05) is 0 Å². The second-order valence-electron chi connectivity index (χ2n) is 5.33. The van der Waals surface area contributed by atoms with Crippen molar-refractivity contribution in [2.75, 3.05) is 5.75 Å². The predicted octanol–water partition coefficient (Wildman–Crippen LogP) is 4.49. The number of amides is 2. The molecule has 144 valence electrons. The lowest BCUT2D eigenvalue weighted by atomic mass is 10.1. The van der Waals surface area contributed by atoms with Crippen LogP contribution in [0.2, 0.25) is 10.0 Å². The van der Waals surface area contributed by atoms with Gasteiger partial charge in [0.2, 0.25) is 11.8 Å². The summed E-state index contributed by atoms with van der Waals surface area (Å²) in [4.78, 5) is 24.2. The van der Waals surface area contributed by atoms with Gasteiger partial charge in [-0.3, -0.25) is 20.4 Å². The van der Waals surface area contributed by atoms with Gasteiger partial charge >= 0.3 is 6.18 Å². The molecule has 2 amide bonds. The van der Waals surface area contributed by atoms with E-state index in [0.717, 1.165) is 23.9 Å². The number of rotatable bonds is 5. The Morgan fingerprint density at radius 3 is 2.41 bits per heavy atom. The van der Waals surface area contributed by atoms with Crippen LogP contribution in [0.1, 0.15) is 11.1 Å². The van der Waals surface area contributed by atoms with Gasteiger partial charge in [-0.25, -0.2) is 0 Å². The van der Waals surface area contributed by atoms with Crippen molar-refractivity contribution < 1.29 is 22.8 Å². The highest BCUT2D eigenvalue weighted by Gasteiger charge is 2.30. The van der Waals surface area contributed by atoms with Gasteiger partial charge in [-0.05, 0) is 29.8 Å². The smallest absolute Gasteiger partial charge is 0.273 e. The summed E-state index contributed by atoms with van der Waals surface area (Å²) >= 11 is 13.0. The topological polar surface area (TPSA) is 58.2 Å². The third kappa shape index (κ3) is 6.97. The minimum absolute atomic E-state index is 0.0378. The van der Waals surface area contributed by atoms with Crippen LogP contribution in [-0.4, -0.2) is 17.6 Å². The third-order valence-corrected chi connectivity index (χ3v) is 4.94. The summed E-state index contributed by atoms with van der Waals surface area (Å²) in [6, 6.07) is 9.24. The first-order valence-electron chi connectivity index (χ1n) is 7.47. The molecule has 2 rings (SSSR count). The molecule has 0 saturated carbocycles. The van der Waals surface area contributed by atoms with Crippen molar-refractivity contribution in [3.8, 4) is 0 Å². The van der Waals surface area contributed by atoms with Gasteiger partial charge in [-0.2, -0.15) is 13.2 Å². The van der Waals surface area contributed by atoms with Crippen molar-refractivity contribution in [1.29, 1.82) is 0 Å². The molecule has 0 aliphatic carbocycles. The molecule has 0 radical (unpaired) electrons. The van der Waals surface area contributed by atoms with Gasteiger partial charge in [-0.15, -0.1) is 11.8 Å². The van der Waals surface area contributed by atoms with Crippen LogP contribution < -0.4 is 10.9 Å². The Labute approximate surface area is 167 Å². The van der Waals surface area contributed by atoms with Crippen molar-refractivity contribution in [3.05, 3.63) is 63.6 Å². The molecule has 4 nitrogen and oxygen atoms in total. The highest BCUT2D eigenvalue weighted by Crippen LogP contribution is 2.30. The highest BCUT2D eigenvalue weighted by atomic mass is 35.5. The molecule has 2 aromatic rings. The second-order valence-corrected chi connectivity index (χ2v) is 7.20. The predicted molar refractivity (Wildman–Crippen MR) is 98.6 cm³/mol. The maximum absolute atomic E-state index is 12.7. The Balaban J connectivity index is 1.81. The molecule has 0 saturated heterocycles. The molecule has 27 heavy (non-hydrogen) atoms. The molecular formula is C17H13Cl2F3N2O2S. The third-order valence-electron chi connectivity index (χ3n) is 3.21. The average Bonchev–Trinajstić information content (AvgIpc) is 2.60. The van der Waals surface area contributed by atoms with Crippen LogP contribution in [0.3, 0.4) is 0 Å². The monoisotopic (exact) mass is 436 g/mol. The number of carbonyl (C=O) groups is 2. The standard InChI is InChI=1S/C17H13Cl2F3N2O2S/c18-12-4-5-13(19)14(8-12)27-9-16(26)24-23-15(25)7-10-2-1-3-11(6-10)17(20,21)22/h1-6,8H,7,9H2,(H,23,25)(H,24,26). The van der Waals surface area contributed by atoms with Crippen LogP contribution in [0.15, 0.2) is 47.4 Å². The van der Waals surface area contributed by atoms with E-state index >= 15 is 0 Å². The summed E-state index contributed by atoms with van der Waals surface area (Å²) < 4.78 is 38.0. The van der Waals surface area contributed by atoms with Crippen LogP contribution in [0, 0.1) is 0 Å². The quantitative estimate of drug-likeness (QED) is 0.535. The van der Waals surface area contributed by atoms with E-state index in [-0.39, 0.29) is 17.7 Å². The van der Waals surface area contributed by atoms with E-state index < -0.39 is 23.6 Å². The number of halogens is 5. The molecule has 0 heterocycles. The Bertz CT molecular complexity index is 847. The van der Waals surface area contributed by atoms with Crippen molar-refractivity contribution in [2.24, 2.45) is 0 Å². The van der Waals surface area contributed by atoms with Crippen LogP contribution in [-0.2, 0) is 22.2 Å². The lowest BCUT2D eigenvalue weighted by Gasteiger charge is -2.10. The lowest BCUT2D eigenvalue weighted by molar-refractivity contribution is -0.137. The van der Waals surface area contributed by atoms with Gasteiger partial charge < -0.3 is 0 Å². The largest absolute Gasteiger partial charge is 0.416 e. The fourth-order valence-electron chi connectivity index (χ4n) is 1.99. The molecule has 0 unspecified atom stereocenters. The zero-order valence-corrected chi connectivity index (χ0v) is 15.9. The van der Waals surface area contributed by atoms with Gasteiger partial charge in [0.05, 0.1) is 22.8 Å². The molecule has 0 atom stereocenters. The number of hydrogen-bond acceptors (Lipinski definition) is 3.